The Morgan fingerprint density at radius 2 is 0.871 bits per heavy atom. The van der Waals surface area contributed by atoms with Gasteiger partial charge in [-0.15, -0.1) is 0 Å². The van der Waals surface area contributed by atoms with Crippen molar-refractivity contribution >= 4 is 21.9 Å². The third-order valence-electron chi connectivity index (χ3n) is 11.7. The Morgan fingerprint density at radius 3 is 1.58 bits per heavy atom. The first-order valence-corrected chi connectivity index (χ1v) is 20.6. The molecule has 0 spiro atoms. The van der Waals surface area contributed by atoms with E-state index >= 15 is 0 Å². The number of nitrogens with zero attached hydrogens (tertiary/aromatic N) is 4. The number of furan rings is 1. The maximum atomic E-state index is 7.17. The van der Waals surface area contributed by atoms with Crippen LogP contribution in [0.2, 0.25) is 0 Å². The van der Waals surface area contributed by atoms with Crippen LogP contribution in [0.25, 0.3) is 112 Å². The van der Waals surface area contributed by atoms with Crippen LogP contribution in [0.4, 0.5) is 0 Å². The number of ether oxygens (including phenoxy) is 1. The Labute approximate surface area is 357 Å². The molecule has 11 aromatic rings. The minimum atomic E-state index is 0.531. The van der Waals surface area contributed by atoms with Crippen LogP contribution < -0.4 is 4.74 Å². The number of benzene rings is 8. The van der Waals surface area contributed by atoms with E-state index in [1.165, 1.54) is 0 Å². The first kappa shape index (κ1) is 35.5. The van der Waals surface area contributed by atoms with Crippen molar-refractivity contribution in [1.82, 2.24) is 19.9 Å². The second kappa shape index (κ2) is 14.7. The van der Waals surface area contributed by atoms with Gasteiger partial charge in [-0.1, -0.05) is 158 Å². The summed E-state index contributed by atoms with van der Waals surface area (Å²) in [5, 5.41) is 2.02. The molecule has 0 N–H and O–H groups in total. The van der Waals surface area contributed by atoms with Crippen LogP contribution in [0.1, 0.15) is 0 Å². The lowest BCUT2D eigenvalue weighted by molar-refractivity contribution is 0.487. The highest BCUT2D eigenvalue weighted by Crippen LogP contribution is 2.50. The molecule has 0 aliphatic carbocycles. The SMILES string of the molecule is c1ccc(-c2cc(-c3ccc4c(c3)-c3cc5oc6ccccc6c5cc3Oc3ccccc3-c3ccccc3-c3ccccc3-4)nc(-c3cnc(-c4ccccc4)nc3)n2)cc1. The summed E-state index contributed by atoms with van der Waals surface area (Å²) >= 11 is 0. The van der Waals surface area contributed by atoms with Gasteiger partial charge in [0, 0.05) is 51.0 Å². The van der Waals surface area contributed by atoms with Crippen LogP contribution in [0.5, 0.6) is 11.5 Å². The number of fused-ring (bicyclic) bond motifs is 12. The highest BCUT2D eigenvalue weighted by molar-refractivity contribution is 6.08. The summed E-state index contributed by atoms with van der Waals surface area (Å²) in [7, 11) is 0. The summed E-state index contributed by atoms with van der Waals surface area (Å²) in [5.41, 5.74) is 15.1. The summed E-state index contributed by atoms with van der Waals surface area (Å²) < 4.78 is 13.7. The number of hydrogen-bond donors (Lipinski definition) is 0. The number of rotatable bonds is 4. The van der Waals surface area contributed by atoms with Gasteiger partial charge in [0.05, 0.1) is 17.0 Å². The first-order valence-electron chi connectivity index (χ1n) is 20.6. The Balaban J connectivity index is 1.12. The molecule has 6 nitrogen and oxygen atoms in total. The number of para-hydroxylation sites is 2. The van der Waals surface area contributed by atoms with E-state index in [0.29, 0.717) is 11.6 Å². The van der Waals surface area contributed by atoms with Crippen molar-refractivity contribution in [3.8, 4) is 101 Å². The smallest absolute Gasteiger partial charge is 0.163 e. The summed E-state index contributed by atoms with van der Waals surface area (Å²) in [6, 6.07) is 66.8. The highest BCUT2D eigenvalue weighted by atomic mass is 16.5. The molecule has 3 aromatic heterocycles. The maximum absolute atomic E-state index is 7.17. The molecule has 0 saturated heterocycles. The zero-order chi connectivity index (χ0) is 41.0. The fourth-order valence-corrected chi connectivity index (χ4v) is 8.67. The fourth-order valence-electron chi connectivity index (χ4n) is 8.67. The van der Waals surface area contributed by atoms with Crippen LogP contribution in [0, 0.1) is 0 Å². The summed E-state index contributed by atoms with van der Waals surface area (Å²) in [5.74, 6) is 2.65. The zero-order valence-corrected chi connectivity index (χ0v) is 33.2. The van der Waals surface area contributed by atoms with E-state index in [9.17, 15) is 0 Å². The third kappa shape index (κ3) is 6.13. The van der Waals surface area contributed by atoms with Gasteiger partial charge < -0.3 is 9.15 Å². The molecule has 0 radical (unpaired) electrons. The Morgan fingerprint density at radius 1 is 0.306 bits per heavy atom. The van der Waals surface area contributed by atoms with E-state index in [2.05, 4.69) is 121 Å². The topological polar surface area (TPSA) is 73.9 Å². The van der Waals surface area contributed by atoms with Gasteiger partial charge in [0.2, 0.25) is 0 Å². The fraction of sp³-hybridized carbons (Fsp3) is 0. The van der Waals surface area contributed by atoms with Crippen LogP contribution in [-0.2, 0) is 0 Å². The highest BCUT2D eigenvalue weighted by Gasteiger charge is 2.24. The summed E-state index contributed by atoms with van der Waals surface area (Å²) in [6.45, 7) is 0. The lowest BCUT2D eigenvalue weighted by Crippen LogP contribution is -1.98. The monoisotopic (exact) mass is 794 g/mol. The molecule has 8 aromatic carbocycles. The molecule has 0 amide bonds. The lowest BCUT2D eigenvalue weighted by Gasteiger charge is -2.18. The Kier molecular flexibility index (Phi) is 8.38. The second-order valence-electron chi connectivity index (χ2n) is 15.4. The van der Waals surface area contributed by atoms with E-state index in [4.69, 9.17) is 29.1 Å². The molecule has 0 atom stereocenters. The molecule has 0 unspecified atom stereocenters. The van der Waals surface area contributed by atoms with E-state index in [1.807, 2.05) is 72.8 Å². The van der Waals surface area contributed by atoms with Gasteiger partial charge in [-0.05, 0) is 69.8 Å². The van der Waals surface area contributed by atoms with E-state index in [-0.39, 0.29) is 0 Å². The predicted octanol–water partition coefficient (Wildman–Crippen LogP) is 14.6. The first-order chi connectivity index (χ1) is 30.7. The normalized spacial score (nSPS) is 11.7. The van der Waals surface area contributed by atoms with Crippen molar-refractivity contribution in [2.75, 3.05) is 0 Å². The van der Waals surface area contributed by atoms with Crippen molar-refractivity contribution in [2.45, 2.75) is 0 Å². The third-order valence-corrected chi connectivity index (χ3v) is 11.7. The second-order valence-corrected chi connectivity index (χ2v) is 15.4. The van der Waals surface area contributed by atoms with Gasteiger partial charge in [0.25, 0.3) is 0 Å². The molecule has 0 saturated carbocycles. The van der Waals surface area contributed by atoms with E-state index < -0.39 is 0 Å². The van der Waals surface area contributed by atoms with Crippen molar-refractivity contribution in [3.05, 3.63) is 207 Å². The Hall–Kier alpha value is -8.48. The van der Waals surface area contributed by atoms with Crippen molar-refractivity contribution in [2.24, 2.45) is 0 Å². The average molecular weight is 795 g/mol. The largest absolute Gasteiger partial charge is 0.456 e. The lowest BCUT2D eigenvalue weighted by atomic mass is 9.85. The number of hydrogen-bond acceptors (Lipinski definition) is 6. The summed E-state index contributed by atoms with van der Waals surface area (Å²) in [6.07, 6.45) is 3.61. The van der Waals surface area contributed by atoms with Gasteiger partial charge in [-0.3, -0.25) is 0 Å². The van der Waals surface area contributed by atoms with Crippen LogP contribution >= 0.6 is 0 Å². The molecule has 0 fully saturated rings. The van der Waals surface area contributed by atoms with Gasteiger partial charge >= 0.3 is 0 Å². The molecule has 1 aliphatic rings. The molecule has 0 bridgehead atoms. The number of aromatic nitrogens is 4. The van der Waals surface area contributed by atoms with Crippen LogP contribution in [0.15, 0.2) is 211 Å². The minimum Gasteiger partial charge on any atom is -0.456 e. The van der Waals surface area contributed by atoms with Gasteiger partial charge in [-0.2, -0.15) is 0 Å². The van der Waals surface area contributed by atoms with E-state index in [1.54, 1.807) is 12.4 Å². The molecule has 290 valence electrons. The van der Waals surface area contributed by atoms with E-state index in [0.717, 1.165) is 112 Å². The predicted molar refractivity (Wildman–Crippen MR) is 248 cm³/mol. The molecular formula is C56H34N4O2. The Bertz CT molecular complexity index is 3490. The van der Waals surface area contributed by atoms with Gasteiger partial charge in [0.15, 0.2) is 11.6 Å². The van der Waals surface area contributed by atoms with Crippen LogP contribution in [-0.4, -0.2) is 19.9 Å². The molecule has 12 rings (SSSR count). The summed E-state index contributed by atoms with van der Waals surface area (Å²) in [4.78, 5) is 19.8. The molecule has 4 heterocycles. The van der Waals surface area contributed by atoms with Crippen molar-refractivity contribution in [1.29, 1.82) is 0 Å². The standard InChI is InChI=1S/C56H34N4O2/c1-3-15-35(16-4-1)49-32-50(60-56(59-49)38-33-57-55(58-34-38)36-17-5-2-6-18-36)37-27-28-43-41-21-8-7-19-39(41)40-20-9-10-22-42(40)44-23-11-13-25-51(44)61-54-30-47-45-24-12-14-26-52(45)62-53(47)31-48(54)46(43)29-37/h1-34H. The minimum absolute atomic E-state index is 0.531. The maximum Gasteiger partial charge on any atom is 0.163 e. The van der Waals surface area contributed by atoms with Gasteiger partial charge in [-0.25, -0.2) is 19.9 Å². The molecular weight excluding hydrogens is 761 g/mol. The average Bonchev–Trinajstić information content (AvgIpc) is 3.71. The molecule has 62 heavy (non-hydrogen) atoms. The zero-order valence-electron chi connectivity index (χ0n) is 33.2. The van der Waals surface area contributed by atoms with Crippen molar-refractivity contribution < 1.29 is 9.15 Å². The molecule has 6 heteroatoms. The van der Waals surface area contributed by atoms with Crippen LogP contribution in [0.3, 0.4) is 0 Å². The quantitative estimate of drug-likeness (QED) is 0.177. The molecule has 1 aliphatic heterocycles. The van der Waals surface area contributed by atoms with Gasteiger partial charge in [0.1, 0.15) is 22.7 Å². The van der Waals surface area contributed by atoms with Crippen molar-refractivity contribution in [3.63, 3.8) is 0 Å².